The lowest BCUT2D eigenvalue weighted by atomic mass is 9.94. The Bertz CT molecular complexity index is 1030. The van der Waals surface area contributed by atoms with Crippen LogP contribution in [0.4, 0.5) is 5.95 Å². The minimum absolute atomic E-state index is 0.0256. The smallest absolute Gasteiger partial charge is 0.287 e. The first-order valence-corrected chi connectivity index (χ1v) is 10.3. The molecule has 3 heterocycles. The third-order valence-electron chi connectivity index (χ3n) is 5.86. The van der Waals surface area contributed by atoms with E-state index in [1.807, 2.05) is 4.90 Å². The van der Waals surface area contributed by atoms with Crippen LogP contribution in [0.1, 0.15) is 63.7 Å². The van der Waals surface area contributed by atoms with Crippen molar-refractivity contribution in [3.8, 4) is 0 Å². The molecule has 0 spiro atoms. The van der Waals surface area contributed by atoms with Crippen LogP contribution in [0.15, 0.2) is 15.3 Å². The van der Waals surface area contributed by atoms with E-state index in [9.17, 15) is 14.4 Å². The number of anilines is 1. The van der Waals surface area contributed by atoms with Gasteiger partial charge in [-0.3, -0.25) is 19.4 Å². The molecule has 2 N–H and O–H groups in total. The van der Waals surface area contributed by atoms with E-state index in [0.717, 1.165) is 32.6 Å². The third kappa shape index (κ3) is 3.89. The predicted molar refractivity (Wildman–Crippen MR) is 111 cm³/mol. The van der Waals surface area contributed by atoms with Crippen LogP contribution in [-0.4, -0.2) is 59.8 Å². The number of fused-ring (bicyclic) bond motifs is 1. The summed E-state index contributed by atoms with van der Waals surface area (Å²) in [6.45, 7) is 6.84. The predicted octanol–water partition coefficient (Wildman–Crippen LogP) is 1.43. The molecule has 160 valence electrons. The summed E-state index contributed by atoms with van der Waals surface area (Å²) in [5.41, 5.74) is 1.35. The van der Waals surface area contributed by atoms with E-state index in [4.69, 9.17) is 4.42 Å². The van der Waals surface area contributed by atoms with Gasteiger partial charge in [-0.15, -0.1) is 0 Å². The van der Waals surface area contributed by atoms with Gasteiger partial charge < -0.3 is 19.5 Å². The summed E-state index contributed by atoms with van der Waals surface area (Å²) in [4.78, 5) is 48.8. The lowest BCUT2D eigenvalue weighted by molar-refractivity contribution is 0.0905. The van der Waals surface area contributed by atoms with E-state index in [-0.39, 0.29) is 17.1 Å². The Balaban J connectivity index is 1.53. The maximum Gasteiger partial charge on any atom is 0.287 e. The van der Waals surface area contributed by atoms with Crippen molar-refractivity contribution < 1.29 is 14.0 Å². The fraction of sp³-hybridized carbons (Fsp3) is 0.524. The molecule has 0 radical (unpaired) electrons. The van der Waals surface area contributed by atoms with Crippen LogP contribution in [0, 0.1) is 6.92 Å². The number of hydrogen-bond donors (Lipinski definition) is 2. The second kappa shape index (κ2) is 8.06. The van der Waals surface area contributed by atoms with Gasteiger partial charge in [-0.1, -0.05) is 0 Å². The SMILES string of the molecule is Cc1c(C(=O)NC(C)c2cc(=O)[nH]c(N3CCN(C)CC3)n2)oc2c1C(=O)CCC2. The van der Waals surface area contributed by atoms with Crippen LogP contribution in [0.25, 0.3) is 0 Å². The van der Waals surface area contributed by atoms with E-state index in [2.05, 4.69) is 27.2 Å². The van der Waals surface area contributed by atoms with Gasteiger partial charge in [0.15, 0.2) is 11.5 Å². The molecule has 2 aliphatic rings. The zero-order valence-corrected chi connectivity index (χ0v) is 17.6. The highest BCUT2D eigenvalue weighted by Crippen LogP contribution is 2.29. The van der Waals surface area contributed by atoms with Crippen LogP contribution in [0.2, 0.25) is 0 Å². The van der Waals surface area contributed by atoms with Crippen molar-refractivity contribution >= 4 is 17.6 Å². The number of furan rings is 1. The molecule has 4 rings (SSSR count). The Morgan fingerprint density at radius 1 is 1.23 bits per heavy atom. The first-order chi connectivity index (χ1) is 14.3. The Hall–Kier alpha value is -2.94. The second-order valence-electron chi connectivity index (χ2n) is 8.11. The largest absolute Gasteiger partial charge is 0.455 e. The molecule has 0 saturated carbocycles. The van der Waals surface area contributed by atoms with Gasteiger partial charge in [-0.2, -0.15) is 0 Å². The molecule has 1 unspecified atom stereocenters. The van der Waals surface area contributed by atoms with Gasteiger partial charge in [0.1, 0.15) is 5.76 Å². The molecule has 1 aliphatic heterocycles. The van der Waals surface area contributed by atoms with Gasteiger partial charge in [0, 0.05) is 50.7 Å². The monoisotopic (exact) mass is 413 g/mol. The number of rotatable bonds is 4. The number of aromatic amines is 1. The number of nitrogens with zero attached hydrogens (tertiary/aromatic N) is 3. The topological polar surface area (TPSA) is 112 Å². The molecular weight excluding hydrogens is 386 g/mol. The number of nitrogens with one attached hydrogen (secondary N) is 2. The summed E-state index contributed by atoms with van der Waals surface area (Å²) in [7, 11) is 2.06. The normalized spacial score (nSPS) is 18.2. The number of likely N-dealkylation sites (N-methyl/N-ethyl adjacent to an activating group) is 1. The van der Waals surface area contributed by atoms with E-state index < -0.39 is 11.9 Å². The lowest BCUT2D eigenvalue weighted by Gasteiger charge is -2.32. The molecule has 1 amide bonds. The van der Waals surface area contributed by atoms with Gasteiger partial charge in [-0.25, -0.2) is 4.98 Å². The number of piperazine rings is 1. The standard InChI is InChI=1S/C21H27N5O4/c1-12-18-15(27)5-4-6-16(18)30-19(12)20(29)22-13(2)14-11-17(28)24-21(23-14)26-9-7-25(3)8-10-26/h11,13H,4-10H2,1-3H3,(H,22,29)(H,23,24,28). The van der Waals surface area contributed by atoms with E-state index >= 15 is 0 Å². The molecule has 0 aromatic carbocycles. The van der Waals surface area contributed by atoms with Gasteiger partial charge in [0.2, 0.25) is 5.95 Å². The summed E-state index contributed by atoms with van der Waals surface area (Å²) < 4.78 is 5.72. The second-order valence-corrected chi connectivity index (χ2v) is 8.11. The zero-order chi connectivity index (χ0) is 21.4. The average Bonchev–Trinajstić information content (AvgIpc) is 3.06. The van der Waals surface area contributed by atoms with Crippen LogP contribution in [-0.2, 0) is 6.42 Å². The Kier molecular flexibility index (Phi) is 5.46. The number of amides is 1. The van der Waals surface area contributed by atoms with Crippen molar-refractivity contribution in [2.75, 3.05) is 38.1 Å². The molecule has 9 heteroatoms. The van der Waals surface area contributed by atoms with Gasteiger partial charge in [0.05, 0.1) is 17.3 Å². The van der Waals surface area contributed by atoms with Crippen molar-refractivity contribution in [3.63, 3.8) is 0 Å². The molecule has 1 aliphatic carbocycles. The van der Waals surface area contributed by atoms with Crippen LogP contribution in [0.3, 0.4) is 0 Å². The van der Waals surface area contributed by atoms with Gasteiger partial charge in [0.25, 0.3) is 11.5 Å². The number of aryl methyl sites for hydroxylation is 1. The molecular formula is C21H27N5O4. The van der Waals surface area contributed by atoms with Crippen molar-refractivity contribution in [1.82, 2.24) is 20.2 Å². The fourth-order valence-corrected chi connectivity index (χ4v) is 4.05. The number of Topliss-reactive ketones (excluding diaryl/α,β-unsaturated/α-hetero) is 1. The molecule has 30 heavy (non-hydrogen) atoms. The Labute approximate surface area is 174 Å². The van der Waals surface area contributed by atoms with Crippen molar-refractivity contribution in [2.24, 2.45) is 0 Å². The molecule has 1 fully saturated rings. The van der Waals surface area contributed by atoms with Crippen LogP contribution in [0.5, 0.6) is 0 Å². The maximum absolute atomic E-state index is 12.8. The summed E-state index contributed by atoms with van der Waals surface area (Å²) in [5, 5.41) is 2.86. The number of carbonyl (C=O) groups is 2. The lowest BCUT2D eigenvalue weighted by Crippen LogP contribution is -2.45. The molecule has 1 atom stereocenters. The first kappa shape index (κ1) is 20.3. The maximum atomic E-state index is 12.8. The minimum atomic E-state index is -0.497. The Morgan fingerprint density at radius 3 is 2.67 bits per heavy atom. The molecule has 9 nitrogen and oxygen atoms in total. The molecule has 0 bridgehead atoms. The number of carbonyl (C=O) groups excluding carboxylic acids is 2. The van der Waals surface area contributed by atoms with Crippen molar-refractivity contribution in [3.05, 3.63) is 44.8 Å². The van der Waals surface area contributed by atoms with Gasteiger partial charge >= 0.3 is 0 Å². The van der Waals surface area contributed by atoms with E-state index in [1.165, 1.54) is 6.07 Å². The summed E-state index contributed by atoms with van der Waals surface area (Å²) in [6.07, 6.45) is 1.88. The highest BCUT2D eigenvalue weighted by Gasteiger charge is 2.29. The Morgan fingerprint density at radius 2 is 1.97 bits per heavy atom. The summed E-state index contributed by atoms with van der Waals surface area (Å²) >= 11 is 0. The third-order valence-corrected chi connectivity index (χ3v) is 5.86. The molecule has 2 aromatic heterocycles. The minimum Gasteiger partial charge on any atom is -0.455 e. The summed E-state index contributed by atoms with van der Waals surface area (Å²) in [5.74, 6) is 0.879. The fourth-order valence-electron chi connectivity index (χ4n) is 4.05. The first-order valence-electron chi connectivity index (χ1n) is 10.3. The highest BCUT2D eigenvalue weighted by atomic mass is 16.4. The number of hydrogen-bond acceptors (Lipinski definition) is 7. The van der Waals surface area contributed by atoms with Crippen LogP contribution >= 0.6 is 0 Å². The molecule has 1 saturated heterocycles. The molecule has 2 aromatic rings. The van der Waals surface area contributed by atoms with E-state index in [0.29, 0.717) is 41.4 Å². The summed E-state index contributed by atoms with van der Waals surface area (Å²) in [6, 6.07) is 0.900. The number of aromatic nitrogens is 2. The number of ketones is 1. The number of H-pyrrole nitrogens is 1. The van der Waals surface area contributed by atoms with Crippen LogP contribution < -0.4 is 15.8 Å². The average molecular weight is 413 g/mol. The van der Waals surface area contributed by atoms with Gasteiger partial charge in [-0.05, 0) is 27.3 Å². The highest BCUT2D eigenvalue weighted by molar-refractivity contribution is 6.03. The van der Waals surface area contributed by atoms with Crippen molar-refractivity contribution in [2.45, 2.75) is 39.2 Å². The zero-order valence-electron chi connectivity index (χ0n) is 17.6. The van der Waals surface area contributed by atoms with Crippen molar-refractivity contribution in [1.29, 1.82) is 0 Å². The quantitative estimate of drug-likeness (QED) is 0.780. The van der Waals surface area contributed by atoms with E-state index in [1.54, 1.807) is 13.8 Å².